The molecule has 4 aliphatic rings. The van der Waals surface area contributed by atoms with Crippen LogP contribution in [-0.2, 0) is 0 Å². The van der Waals surface area contributed by atoms with Gasteiger partial charge >= 0.3 is 0 Å². The summed E-state index contributed by atoms with van der Waals surface area (Å²) in [5.41, 5.74) is 0. The molecule has 6 atom stereocenters. The van der Waals surface area contributed by atoms with Crippen LogP contribution >= 0.6 is 23.2 Å². The molecule has 3 fully saturated rings. The average Bonchev–Trinajstić information content (AvgIpc) is 2.58. The Morgan fingerprint density at radius 1 is 1.08 bits per heavy atom. The predicted octanol–water partition coefficient (Wildman–Crippen LogP) is 3.25. The molecule has 0 nitrogen and oxygen atoms in total. The molecule has 0 amide bonds. The van der Waals surface area contributed by atoms with Gasteiger partial charge in [-0.2, -0.15) is 0 Å². The van der Waals surface area contributed by atoms with Crippen molar-refractivity contribution < 1.29 is 0 Å². The van der Waals surface area contributed by atoms with Gasteiger partial charge in [-0.1, -0.05) is 12.2 Å². The quantitative estimate of drug-likeness (QED) is 0.429. The van der Waals surface area contributed by atoms with Crippen molar-refractivity contribution in [3.8, 4) is 0 Å². The monoisotopic (exact) mass is 214 g/mol. The van der Waals surface area contributed by atoms with E-state index in [2.05, 4.69) is 12.2 Å². The van der Waals surface area contributed by atoms with E-state index in [-0.39, 0.29) is 4.33 Å². The van der Waals surface area contributed by atoms with Crippen molar-refractivity contribution in [2.75, 3.05) is 0 Å². The van der Waals surface area contributed by atoms with Gasteiger partial charge < -0.3 is 0 Å². The first-order valence-electron chi connectivity index (χ1n) is 5.25. The van der Waals surface area contributed by atoms with E-state index in [1.165, 1.54) is 12.8 Å². The van der Waals surface area contributed by atoms with Crippen molar-refractivity contribution >= 4 is 23.2 Å². The Kier molecular flexibility index (Phi) is 1.15. The molecule has 0 aromatic carbocycles. The number of hydrogen-bond acceptors (Lipinski definition) is 0. The lowest BCUT2D eigenvalue weighted by Crippen LogP contribution is -2.21. The van der Waals surface area contributed by atoms with E-state index in [4.69, 9.17) is 23.2 Å². The van der Waals surface area contributed by atoms with E-state index in [1.807, 2.05) is 0 Å². The van der Waals surface area contributed by atoms with Crippen molar-refractivity contribution in [2.45, 2.75) is 17.2 Å². The van der Waals surface area contributed by atoms with Crippen molar-refractivity contribution in [1.82, 2.24) is 0 Å². The number of hydrogen-bond donors (Lipinski definition) is 0. The smallest absolute Gasteiger partial charge is 0.101 e. The summed E-state index contributed by atoms with van der Waals surface area (Å²) in [5, 5.41) is 0. The molecule has 4 rings (SSSR count). The minimum absolute atomic E-state index is 0.334. The minimum atomic E-state index is -0.334. The molecule has 0 N–H and O–H groups in total. The summed E-state index contributed by atoms with van der Waals surface area (Å²) in [7, 11) is 0. The lowest BCUT2D eigenvalue weighted by molar-refractivity contribution is 0.310. The summed E-state index contributed by atoms with van der Waals surface area (Å²) in [6, 6.07) is 0. The van der Waals surface area contributed by atoms with Gasteiger partial charge in [0.1, 0.15) is 4.33 Å². The van der Waals surface area contributed by atoms with Crippen LogP contribution in [-0.4, -0.2) is 4.33 Å². The average molecular weight is 215 g/mol. The molecule has 0 aromatic heterocycles. The van der Waals surface area contributed by atoms with E-state index < -0.39 is 0 Å². The first kappa shape index (κ1) is 7.59. The highest BCUT2D eigenvalue weighted by molar-refractivity contribution is 6.51. The van der Waals surface area contributed by atoms with Crippen LogP contribution < -0.4 is 0 Å². The van der Waals surface area contributed by atoms with E-state index in [0.29, 0.717) is 11.8 Å². The molecule has 4 aliphatic carbocycles. The predicted molar refractivity (Wildman–Crippen MR) is 53.8 cm³/mol. The van der Waals surface area contributed by atoms with Gasteiger partial charge in [-0.15, -0.1) is 23.2 Å². The van der Waals surface area contributed by atoms with Gasteiger partial charge in [0.05, 0.1) is 0 Å². The summed E-state index contributed by atoms with van der Waals surface area (Å²) in [4.78, 5) is 0. The largest absolute Gasteiger partial charge is 0.125 e. The van der Waals surface area contributed by atoms with Gasteiger partial charge in [-0.25, -0.2) is 0 Å². The molecule has 2 heteroatoms. The Balaban J connectivity index is 1.74. The van der Waals surface area contributed by atoms with Gasteiger partial charge in [0.2, 0.25) is 0 Å². The fourth-order valence-electron chi connectivity index (χ4n) is 4.37. The zero-order valence-corrected chi connectivity index (χ0v) is 8.80. The normalized spacial score (nSPS) is 63.8. The topological polar surface area (TPSA) is 0 Å². The number of alkyl halides is 2. The van der Waals surface area contributed by atoms with Crippen molar-refractivity contribution in [1.29, 1.82) is 0 Å². The van der Waals surface area contributed by atoms with E-state index >= 15 is 0 Å². The molecule has 2 unspecified atom stereocenters. The molecule has 0 saturated heterocycles. The maximum Gasteiger partial charge on any atom is 0.125 e. The molecule has 3 saturated carbocycles. The van der Waals surface area contributed by atoms with Crippen molar-refractivity contribution in [3.63, 3.8) is 0 Å². The molecular weight excluding hydrogens is 203 g/mol. The Morgan fingerprint density at radius 3 is 2.69 bits per heavy atom. The van der Waals surface area contributed by atoms with E-state index in [1.54, 1.807) is 0 Å². The second-order valence-electron chi connectivity index (χ2n) is 5.23. The van der Waals surface area contributed by atoms with E-state index in [9.17, 15) is 0 Å². The number of halogens is 2. The highest BCUT2D eigenvalue weighted by atomic mass is 35.5. The fraction of sp³-hybridized carbons (Fsp3) is 0.818. The van der Waals surface area contributed by atoms with Gasteiger partial charge in [0, 0.05) is 5.92 Å². The Labute approximate surface area is 88.3 Å². The standard InChI is InChI=1S/C11H12Cl2/c12-11(13)8-4-7-5-1-2-6(3-5)9(7)10(8)11/h1-2,5-10H,3-4H2/t5-,6+,7+,8?,9-,10?/m1/s1. The van der Waals surface area contributed by atoms with Crippen LogP contribution in [0.15, 0.2) is 12.2 Å². The minimum Gasteiger partial charge on any atom is -0.101 e. The molecule has 0 heterocycles. The Hall–Kier alpha value is 0.320. The third kappa shape index (κ3) is 0.699. The summed E-state index contributed by atoms with van der Waals surface area (Å²) in [6.45, 7) is 0. The Morgan fingerprint density at radius 2 is 1.85 bits per heavy atom. The van der Waals surface area contributed by atoms with Crippen molar-refractivity contribution in [2.24, 2.45) is 35.5 Å². The Bertz CT molecular complexity index is 307. The maximum absolute atomic E-state index is 6.25. The van der Waals surface area contributed by atoms with Gasteiger partial charge in [-0.3, -0.25) is 0 Å². The second-order valence-corrected chi connectivity index (χ2v) is 6.68. The summed E-state index contributed by atoms with van der Waals surface area (Å²) < 4.78 is -0.334. The number of allylic oxidation sites excluding steroid dienone is 2. The zero-order chi connectivity index (χ0) is 8.79. The van der Waals surface area contributed by atoms with Gasteiger partial charge in [0.25, 0.3) is 0 Å². The molecule has 70 valence electrons. The number of fused-ring (bicyclic) bond motifs is 7. The fourth-order valence-corrected chi connectivity index (χ4v) is 5.28. The summed E-state index contributed by atoms with van der Waals surface area (Å²) >= 11 is 12.5. The molecule has 0 aromatic rings. The third-order valence-electron chi connectivity index (χ3n) is 4.89. The highest BCUT2D eigenvalue weighted by Gasteiger charge is 2.74. The maximum atomic E-state index is 6.25. The van der Waals surface area contributed by atoms with Gasteiger partial charge in [-0.05, 0) is 42.4 Å². The SMILES string of the molecule is ClC1(Cl)C2C[C@@H]3[C@H](C21)[C@H]1C=C[C@@H]3C1. The van der Waals surface area contributed by atoms with Crippen LogP contribution in [0, 0.1) is 35.5 Å². The summed E-state index contributed by atoms with van der Waals surface area (Å²) in [6.07, 6.45) is 7.54. The molecule has 0 aliphatic heterocycles. The third-order valence-corrected chi connectivity index (χ3v) is 5.96. The summed E-state index contributed by atoms with van der Waals surface area (Å²) in [5.74, 6) is 4.76. The first-order chi connectivity index (χ1) is 6.19. The van der Waals surface area contributed by atoms with Crippen molar-refractivity contribution in [3.05, 3.63) is 12.2 Å². The highest BCUT2D eigenvalue weighted by Crippen LogP contribution is 2.76. The zero-order valence-electron chi connectivity index (χ0n) is 7.29. The lowest BCUT2D eigenvalue weighted by Gasteiger charge is -2.25. The van der Waals surface area contributed by atoms with Crippen LogP contribution in [0.5, 0.6) is 0 Å². The first-order valence-corrected chi connectivity index (χ1v) is 6.01. The van der Waals surface area contributed by atoms with Crippen LogP contribution in [0.2, 0.25) is 0 Å². The molecule has 13 heavy (non-hydrogen) atoms. The molecule has 0 radical (unpaired) electrons. The van der Waals surface area contributed by atoms with E-state index in [0.717, 1.165) is 23.7 Å². The second kappa shape index (κ2) is 1.97. The van der Waals surface area contributed by atoms with Crippen LogP contribution in [0.3, 0.4) is 0 Å². The lowest BCUT2D eigenvalue weighted by atomic mass is 9.82. The molecular formula is C11H12Cl2. The van der Waals surface area contributed by atoms with Gasteiger partial charge in [0.15, 0.2) is 0 Å². The van der Waals surface area contributed by atoms with Crippen LogP contribution in [0.4, 0.5) is 0 Å². The van der Waals surface area contributed by atoms with Crippen LogP contribution in [0.1, 0.15) is 12.8 Å². The molecule has 0 spiro atoms. The van der Waals surface area contributed by atoms with Crippen LogP contribution in [0.25, 0.3) is 0 Å². The number of rotatable bonds is 0. The molecule has 2 bridgehead atoms.